The predicted octanol–water partition coefficient (Wildman–Crippen LogP) is 4.59. The molecular formula is C16H13ClN2O. The van der Waals surface area contributed by atoms with Gasteiger partial charge in [0, 0.05) is 16.6 Å². The van der Waals surface area contributed by atoms with Crippen molar-refractivity contribution in [3.05, 3.63) is 58.6 Å². The lowest BCUT2D eigenvalue weighted by Gasteiger charge is -1.98. The first-order valence-electron chi connectivity index (χ1n) is 6.25. The van der Waals surface area contributed by atoms with E-state index in [4.69, 9.17) is 11.6 Å². The summed E-state index contributed by atoms with van der Waals surface area (Å²) in [5, 5.41) is 11.5. The number of nitrogens with one attached hydrogen (secondary N) is 1. The number of hydrogen-bond acceptors (Lipinski definition) is 2. The normalized spacial score (nSPS) is 11.5. The summed E-state index contributed by atoms with van der Waals surface area (Å²) in [4.78, 5) is 7.34. The largest absolute Gasteiger partial charge is 0.494 e. The van der Waals surface area contributed by atoms with Crippen molar-refractivity contribution in [1.82, 2.24) is 4.98 Å². The third-order valence-electron chi connectivity index (χ3n) is 3.23. The number of halogens is 1. The molecule has 0 atom stereocenters. The average Bonchev–Trinajstić information content (AvgIpc) is 2.73. The van der Waals surface area contributed by atoms with Gasteiger partial charge in [0.2, 0.25) is 0 Å². The van der Waals surface area contributed by atoms with Crippen LogP contribution in [0.25, 0.3) is 10.9 Å². The Morgan fingerprint density at radius 1 is 1.20 bits per heavy atom. The Bertz CT molecular complexity index is 805. The molecule has 3 rings (SSSR count). The van der Waals surface area contributed by atoms with Gasteiger partial charge in [0.05, 0.1) is 16.8 Å². The summed E-state index contributed by atoms with van der Waals surface area (Å²) in [5.74, 6) is 0.0969. The Morgan fingerprint density at radius 3 is 2.80 bits per heavy atom. The minimum absolute atomic E-state index is 0.0969. The summed E-state index contributed by atoms with van der Waals surface area (Å²) in [5.41, 5.74) is 3.43. The van der Waals surface area contributed by atoms with E-state index in [1.54, 1.807) is 18.3 Å². The van der Waals surface area contributed by atoms with Crippen LogP contribution in [0.1, 0.15) is 11.1 Å². The van der Waals surface area contributed by atoms with E-state index >= 15 is 0 Å². The van der Waals surface area contributed by atoms with Gasteiger partial charge in [-0.3, -0.25) is 4.99 Å². The lowest BCUT2D eigenvalue weighted by molar-refractivity contribution is 0.457. The van der Waals surface area contributed by atoms with Crippen LogP contribution in [0.3, 0.4) is 0 Å². The van der Waals surface area contributed by atoms with E-state index < -0.39 is 0 Å². The predicted molar refractivity (Wildman–Crippen MR) is 83.4 cm³/mol. The van der Waals surface area contributed by atoms with Crippen LogP contribution in [0.5, 0.6) is 5.88 Å². The van der Waals surface area contributed by atoms with Gasteiger partial charge in [-0.2, -0.15) is 0 Å². The molecule has 3 aromatic rings. The number of rotatable bonds is 2. The second kappa shape index (κ2) is 5.02. The zero-order valence-electron chi connectivity index (χ0n) is 10.9. The third-order valence-corrected chi connectivity index (χ3v) is 3.46. The quantitative estimate of drug-likeness (QED) is 0.665. The summed E-state index contributed by atoms with van der Waals surface area (Å²) in [7, 11) is 0. The molecule has 3 nitrogen and oxygen atoms in total. The van der Waals surface area contributed by atoms with Gasteiger partial charge in [0.25, 0.3) is 0 Å². The summed E-state index contributed by atoms with van der Waals surface area (Å²) in [6.45, 7) is 2.00. The number of benzene rings is 2. The topological polar surface area (TPSA) is 48.4 Å². The molecule has 4 heteroatoms. The fourth-order valence-corrected chi connectivity index (χ4v) is 2.32. The van der Waals surface area contributed by atoms with Gasteiger partial charge >= 0.3 is 0 Å². The van der Waals surface area contributed by atoms with Crippen molar-refractivity contribution < 1.29 is 5.11 Å². The van der Waals surface area contributed by atoms with E-state index in [-0.39, 0.29) is 5.88 Å². The number of aromatic nitrogens is 1. The zero-order valence-corrected chi connectivity index (χ0v) is 11.6. The minimum Gasteiger partial charge on any atom is -0.494 e. The van der Waals surface area contributed by atoms with Crippen LogP contribution in [-0.2, 0) is 0 Å². The highest BCUT2D eigenvalue weighted by Gasteiger charge is 2.09. The van der Waals surface area contributed by atoms with E-state index in [9.17, 15) is 5.11 Å². The van der Waals surface area contributed by atoms with Crippen LogP contribution in [0.2, 0.25) is 5.02 Å². The second-order valence-corrected chi connectivity index (χ2v) is 5.06. The van der Waals surface area contributed by atoms with E-state index in [0.717, 1.165) is 22.2 Å². The monoisotopic (exact) mass is 284 g/mol. The van der Waals surface area contributed by atoms with E-state index in [1.807, 2.05) is 37.3 Å². The average molecular weight is 285 g/mol. The smallest absolute Gasteiger partial charge is 0.198 e. The summed E-state index contributed by atoms with van der Waals surface area (Å²) in [6, 6.07) is 13.3. The number of hydrogen-bond donors (Lipinski definition) is 2. The fraction of sp³-hybridized carbons (Fsp3) is 0.0625. The van der Waals surface area contributed by atoms with Crippen LogP contribution in [0.4, 0.5) is 5.69 Å². The number of para-hydroxylation sites is 1. The molecule has 0 bridgehead atoms. The number of aryl methyl sites for hydroxylation is 1. The van der Waals surface area contributed by atoms with Gasteiger partial charge in [-0.25, -0.2) is 0 Å². The van der Waals surface area contributed by atoms with Crippen LogP contribution >= 0.6 is 11.6 Å². The molecule has 2 N–H and O–H groups in total. The molecule has 2 aromatic carbocycles. The molecule has 0 unspecified atom stereocenters. The molecule has 0 aliphatic rings. The highest BCUT2D eigenvalue weighted by Crippen LogP contribution is 2.28. The van der Waals surface area contributed by atoms with E-state index in [2.05, 4.69) is 9.98 Å². The molecule has 0 amide bonds. The van der Waals surface area contributed by atoms with Crippen molar-refractivity contribution in [3.63, 3.8) is 0 Å². The fourth-order valence-electron chi connectivity index (χ4n) is 2.15. The first kappa shape index (κ1) is 12.8. The van der Waals surface area contributed by atoms with E-state index in [1.165, 1.54) is 0 Å². The van der Waals surface area contributed by atoms with E-state index in [0.29, 0.717) is 10.6 Å². The maximum Gasteiger partial charge on any atom is 0.198 e. The first-order valence-corrected chi connectivity index (χ1v) is 6.63. The van der Waals surface area contributed by atoms with Gasteiger partial charge in [-0.15, -0.1) is 0 Å². The summed E-state index contributed by atoms with van der Waals surface area (Å²) in [6.07, 6.45) is 1.67. The van der Waals surface area contributed by atoms with Gasteiger partial charge < -0.3 is 10.1 Å². The number of aromatic amines is 1. The summed E-state index contributed by atoms with van der Waals surface area (Å²) >= 11 is 5.94. The number of aliphatic imine (C=N–C) groups is 1. The molecule has 0 saturated carbocycles. The van der Waals surface area contributed by atoms with Gasteiger partial charge in [0.1, 0.15) is 0 Å². The van der Waals surface area contributed by atoms with Crippen LogP contribution in [-0.4, -0.2) is 16.3 Å². The molecule has 100 valence electrons. The molecule has 0 spiro atoms. The minimum atomic E-state index is 0.0969. The molecule has 0 saturated heterocycles. The number of aromatic hydroxyl groups is 1. The number of nitrogens with zero attached hydrogens (tertiary/aromatic N) is 1. The van der Waals surface area contributed by atoms with Crippen molar-refractivity contribution in [1.29, 1.82) is 0 Å². The molecule has 20 heavy (non-hydrogen) atoms. The van der Waals surface area contributed by atoms with Crippen molar-refractivity contribution in [2.45, 2.75) is 6.92 Å². The zero-order chi connectivity index (χ0) is 14.1. The maximum atomic E-state index is 9.98. The number of fused-ring (bicyclic) bond motifs is 1. The van der Waals surface area contributed by atoms with Gasteiger partial charge in [0.15, 0.2) is 5.88 Å². The Labute approximate surface area is 121 Å². The Hall–Kier alpha value is -2.26. The highest BCUT2D eigenvalue weighted by molar-refractivity contribution is 6.31. The van der Waals surface area contributed by atoms with Crippen molar-refractivity contribution >= 4 is 34.4 Å². The molecule has 1 aromatic heterocycles. The highest BCUT2D eigenvalue weighted by atomic mass is 35.5. The van der Waals surface area contributed by atoms with Crippen molar-refractivity contribution in [2.75, 3.05) is 0 Å². The second-order valence-electron chi connectivity index (χ2n) is 4.62. The third kappa shape index (κ3) is 2.28. The molecule has 0 aliphatic carbocycles. The van der Waals surface area contributed by atoms with Gasteiger partial charge in [-0.1, -0.05) is 35.9 Å². The van der Waals surface area contributed by atoms with Crippen molar-refractivity contribution in [2.24, 2.45) is 4.99 Å². The lowest BCUT2D eigenvalue weighted by Crippen LogP contribution is -1.80. The SMILES string of the molecule is Cc1ccccc1N=Cc1c(O)[nH]c2cc(Cl)ccc12. The summed E-state index contributed by atoms with van der Waals surface area (Å²) < 4.78 is 0. The first-order chi connectivity index (χ1) is 9.65. The molecule has 1 heterocycles. The maximum absolute atomic E-state index is 9.98. The molecule has 0 aliphatic heterocycles. The lowest BCUT2D eigenvalue weighted by atomic mass is 10.2. The molecular weight excluding hydrogens is 272 g/mol. The molecule has 0 fully saturated rings. The van der Waals surface area contributed by atoms with Crippen LogP contribution < -0.4 is 0 Å². The van der Waals surface area contributed by atoms with Crippen LogP contribution in [0, 0.1) is 6.92 Å². The van der Waals surface area contributed by atoms with Crippen LogP contribution in [0.15, 0.2) is 47.5 Å². The van der Waals surface area contributed by atoms with Gasteiger partial charge in [-0.05, 0) is 30.7 Å². The Kier molecular flexibility index (Phi) is 3.20. The number of H-pyrrole nitrogens is 1. The Balaban J connectivity index is 2.07. The Morgan fingerprint density at radius 2 is 2.00 bits per heavy atom. The molecule has 0 radical (unpaired) electrons. The standard InChI is InChI=1S/C16H13ClN2O/c1-10-4-2-3-5-14(10)18-9-13-12-7-6-11(17)8-15(12)19-16(13)20/h2-9,19-20H,1H3. The van der Waals surface area contributed by atoms with Crippen molar-refractivity contribution in [3.8, 4) is 5.88 Å².